The molecular weight excluding hydrogens is 359 g/mol. The summed E-state index contributed by atoms with van der Waals surface area (Å²) in [5.74, 6) is 0.485. The van der Waals surface area contributed by atoms with Gasteiger partial charge in [0.05, 0.1) is 22.4 Å². The first-order valence-corrected chi connectivity index (χ1v) is 7.76. The molecule has 4 rings (SSSR count). The summed E-state index contributed by atoms with van der Waals surface area (Å²) in [5, 5.41) is 8.69. The number of fused-ring (bicyclic) bond motifs is 2. The summed E-state index contributed by atoms with van der Waals surface area (Å²) >= 11 is 0. The minimum atomic E-state index is -0.286. The minimum Gasteiger partial charge on any atom is -0.321 e. The third-order valence-electron chi connectivity index (χ3n) is 3.91. The van der Waals surface area contributed by atoms with Gasteiger partial charge in [-0.05, 0) is 38.1 Å². The van der Waals surface area contributed by atoms with Crippen LogP contribution in [0, 0.1) is 0 Å². The Morgan fingerprint density at radius 3 is 2.12 bits per heavy atom. The molecule has 0 aliphatic carbocycles. The van der Waals surface area contributed by atoms with E-state index in [1.54, 1.807) is 0 Å². The number of nitrogens with one attached hydrogen (secondary N) is 1. The zero-order valence-electron chi connectivity index (χ0n) is 13.7. The van der Waals surface area contributed by atoms with Crippen molar-refractivity contribution in [2.75, 3.05) is 0 Å². The maximum Gasteiger partial charge on any atom is 2.00 e. The Hall–Kier alpha value is -2.66. The average molecular weight is 375 g/mol. The van der Waals surface area contributed by atoms with Crippen LogP contribution in [0.15, 0.2) is 68.7 Å². The Labute approximate surface area is 155 Å². The van der Waals surface area contributed by atoms with Crippen LogP contribution in [0.3, 0.4) is 0 Å². The second kappa shape index (κ2) is 7.07. The maximum absolute atomic E-state index is 4.64. The van der Waals surface area contributed by atoms with Gasteiger partial charge in [0.2, 0.25) is 5.95 Å². The molecule has 1 aromatic heterocycles. The normalized spacial score (nSPS) is 14.6. The predicted molar refractivity (Wildman–Crippen MR) is 96.4 cm³/mol. The van der Waals surface area contributed by atoms with E-state index >= 15 is 0 Å². The molecule has 25 heavy (non-hydrogen) atoms. The summed E-state index contributed by atoms with van der Waals surface area (Å²) in [5.41, 5.74) is 5.25. The van der Waals surface area contributed by atoms with Gasteiger partial charge in [-0.25, -0.2) is 4.98 Å². The van der Waals surface area contributed by atoms with E-state index in [0.717, 1.165) is 33.8 Å². The number of aromatic amines is 1. The van der Waals surface area contributed by atoms with Crippen molar-refractivity contribution >= 4 is 39.8 Å². The Balaban J connectivity index is 0.00000182. The molecule has 6 nitrogen and oxygen atoms in total. The number of aliphatic imine (C=N–C) groups is 2. The molecule has 0 amide bonds. The first kappa shape index (κ1) is 17.2. The molecule has 0 saturated heterocycles. The van der Waals surface area contributed by atoms with E-state index in [1.807, 2.05) is 62.4 Å². The van der Waals surface area contributed by atoms with Crippen molar-refractivity contribution in [1.82, 2.24) is 9.97 Å². The molecule has 2 heterocycles. The number of azo groups is 1. The van der Waals surface area contributed by atoms with Crippen LogP contribution >= 0.6 is 0 Å². The molecule has 0 spiro atoms. The van der Waals surface area contributed by atoms with Gasteiger partial charge in [0.1, 0.15) is 6.04 Å². The van der Waals surface area contributed by atoms with Gasteiger partial charge in [0.25, 0.3) is 0 Å². The monoisotopic (exact) mass is 374 g/mol. The SMILES string of the molecule is CC1=Nc2ccccc2N=C(C)C1N=Nc1nc2ccccc2[nH]1.[Ni+2]. The largest absolute Gasteiger partial charge is 2.00 e. The number of aromatic nitrogens is 2. The van der Waals surface area contributed by atoms with Gasteiger partial charge < -0.3 is 4.98 Å². The zero-order valence-corrected chi connectivity index (χ0v) is 14.7. The van der Waals surface area contributed by atoms with Crippen molar-refractivity contribution in [2.24, 2.45) is 20.2 Å². The van der Waals surface area contributed by atoms with Crippen LogP contribution in [-0.2, 0) is 16.5 Å². The molecule has 126 valence electrons. The molecule has 1 N–H and O–H groups in total. The molecule has 2 aromatic carbocycles. The molecule has 7 heteroatoms. The number of rotatable bonds is 2. The first-order valence-electron chi connectivity index (χ1n) is 7.76. The number of para-hydroxylation sites is 4. The summed E-state index contributed by atoms with van der Waals surface area (Å²) < 4.78 is 0. The topological polar surface area (TPSA) is 78.1 Å². The molecule has 0 saturated carbocycles. The Kier molecular flexibility index (Phi) is 4.86. The van der Waals surface area contributed by atoms with Crippen molar-refractivity contribution < 1.29 is 16.5 Å². The van der Waals surface area contributed by atoms with Gasteiger partial charge >= 0.3 is 16.5 Å². The molecule has 3 aromatic rings. The second-order valence-electron chi connectivity index (χ2n) is 5.69. The van der Waals surface area contributed by atoms with Crippen molar-refractivity contribution in [3.05, 3.63) is 48.5 Å². The van der Waals surface area contributed by atoms with E-state index in [9.17, 15) is 0 Å². The third kappa shape index (κ3) is 3.42. The summed E-state index contributed by atoms with van der Waals surface area (Å²) in [6, 6.07) is 15.3. The van der Waals surface area contributed by atoms with Gasteiger partial charge in [-0.1, -0.05) is 24.3 Å². The number of benzene rings is 2. The fourth-order valence-electron chi connectivity index (χ4n) is 2.72. The molecule has 0 radical (unpaired) electrons. The van der Waals surface area contributed by atoms with Crippen molar-refractivity contribution in [3.63, 3.8) is 0 Å². The smallest absolute Gasteiger partial charge is 0.321 e. The third-order valence-corrected chi connectivity index (χ3v) is 3.91. The second-order valence-corrected chi connectivity index (χ2v) is 5.69. The van der Waals surface area contributed by atoms with Crippen LogP contribution in [0.2, 0.25) is 0 Å². The number of imidazole rings is 1. The first-order chi connectivity index (χ1) is 11.7. The van der Waals surface area contributed by atoms with Crippen LogP contribution in [-0.4, -0.2) is 27.4 Å². The number of hydrogen-bond donors (Lipinski definition) is 1. The Bertz CT molecular complexity index is 929. The van der Waals surface area contributed by atoms with Crippen molar-refractivity contribution in [2.45, 2.75) is 19.9 Å². The van der Waals surface area contributed by atoms with Gasteiger partial charge in [-0.2, -0.15) is 5.11 Å². The zero-order chi connectivity index (χ0) is 16.5. The minimum absolute atomic E-state index is 0. The maximum atomic E-state index is 4.64. The molecule has 0 bridgehead atoms. The number of hydrogen-bond acceptors (Lipinski definition) is 5. The van der Waals surface area contributed by atoms with Gasteiger partial charge in [-0.15, -0.1) is 5.11 Å². The molecule has 0 fully saturated rings. The van der Waals surface area contributed by atoms with Crippen LogP contribution in [0.4, 0.5) is 17.3 Å². The van der Waals surface area contributed by atoms with Crippen LogP contribution in [0.25, 0.3) is 11.0 Å². The van der Waals surface area contributed by atoms with Crippen LogP contribution in [0.5, 0.6) is 0 Å². The van der Waals surface area contributed by atoms with E-state index in [-0.39, 0.29) is 22.5 Å². The summed E-state index contributed by atoms with van der Waals surface area (Å²) in [6.07, 6.45) is 0. The van der Waals surface area contributed by atoms with Gasteiger partial charge in [0, 0.05) is 11.4 Å². The van der Waals surface area contributed by atoms with Crippen LogP contribution in [0.1, 0.15) is 13.8 Å². The quantitative estimate of drug-likeness (QED) is 0.501. The van der Waals surface area contributed by atoms with Crippen LogP contribution < -0.4 is 0 Å². The van der Waals surface area contributed by atoms with Gasteiger partial charge in [0.15, 0.2) is 0 Å². The number of H-pyrrole nitrogens is 1. The van der Waals surface area contributed by atoms with E-state index in [4.69, 9.17) is 0 Å². The standard InChI is InChI=1S/C18H16N6.Ni/c1-11-17(12(2)20-14-8-4-3-7-13(14)19-11)23-24-18-21-15-9-5-6-10-16(15)22-18;/h3-10,17H,1-2H3,(H,21,22);/q;+2. The molecule has 0 unspecified atom stereocenters. The Morgan fingerprint density at radius 2 is 1.48 bits per heavy atom. The fraction of sp³-hybridized carbons (Fsp3) is 0.167. The van der Waals surface area contributed by atoms with E-state index in [2.05, 4.69) is 30.2 Å². The Morgan fingerprint density at radius 1 is 0.880 bits per heavy atom. The van der Waals surface area contributed by atoms with E-state index in [0.29, 0.717) is 5.95 Å². The molecule has 1 aliphatic heterocycles. The molecule has 0 atom stereocenters. The molecule has 1 aliphatic rings. The van der Waals surface area contributed by atoms with Crippen molar-refractivity contribution in [1.29, 1.82) is 0 Å². The van der Waals surface area contributed by atoms with E-state index in [1.165, 1.54) is 0 Å². The molecular formula is C18H16N6Ni+2. The van der Waals surface area contributed by atoms with E-state index < -0.39 is 0 Å². The fourth-order valence-corrected chi connectivity index (χ4v) is 2.72. The van der Waals surface area contributed by atoms with Crippen molar-refractivity contribution in [3.8, 4) is 0 Å². The summed E-state index contributed by atoms with van der Waals surface area (Å²) in [6.45, 7) is 3.90. The van der Waals surface area contributed by atoms with Gasteiger partial charge in [-0.3, -0.25) is 9.98 Å². The predicted octanol–water partition coefficient (Wildman–Crippen LogP) is 4.91. The average Bonchev–Trinajstić information content (AvgIpc) is 2.94. The summed E-state index contributed by atoms with van der Waals surface area (Å²) in [7, 11) is 0. The number of nitrogens with zero attached hydrogens (tertiary/aromatic N) is 5. The summed E-state index contributed by atoms with van der Waals surface area (Å²) in [4.78, 5) is 16.8.